The van der Waals surface area contributed by atoms with Crippen LogP contribution in [0, 0.1) is 0 Å². The van der Waals surface area contributed by atoms with Crippen molar-refractivity contribution in [1.82, 2.24) is 5.32 Å². The van der Waals surface area contributed by atoms with E-state index in [1.54, 1.807) is 24.3 Å². The number of amides is 1. The average Bonchev–Trinajstić information content (AvgIpc) is 2.59. The van der Waals surface area contributed by atoms with Gasteiger partial charge >= 0.3 is 6.18 Å². The Labute approximate surface area is 142 Å². The van der Waals surface area contributed by atoms with Gasteiger partial charge in [0.15, 0.2) is 0 Å². The highest BCUT2D eigenvalue weighted by Crippen LogP contribution is 2.36. The van der Waals surface area contributed by atoms with Gasteiger partial charge in [0.1, 0.15) is 11.4 Å². The van der Waals surface area contributed by atoms with E-state index >= 15 is 0 Å². The highest BCUT2D eigenvalue weighted by molar-refractivity contribution is 5.95. The molecule has 0 saturated carbocycles. The second kappa shape index (κ2) is 6.40. The molecule has 7 heteroatoms. The second-order valence-electron chi connectivity index (χ2n) is 5.85. The van der Waals surface area contributed by atoms with Crippen molar-refractivity contribution in [3.8, 4) is 5.75 Å². The summed E-state index contributed by atoms with van der Waals surface area (Å²) in [6.07, 6.45) is -4.40. The minimum absolute atomic E-state index is 0.210. The summed E-state index contributed by atoms with van der Waals surface area (Å²) >= 11 is 0. The van der Waals surface area contributed by atoms with Crippen molar-refractivity contribution in [2.45, 2.75) is 18.2 Å². The van der Waals surface area contributed by atoms with Crippen LogP contribution in [0.4, 0.5) is 13.2 Å². The van der Waals surface area contributed by atoms with E-state index in [1.807, 2.05) is 0 Å². The third-order valence-corrected chi connectivity index (χ3v) is 4.18. The lowest BCUT2D eigenvalue weighted by Crippen LogP contribution is -2.44. The number of carbonyl (C=O) groups is 1. The summed E-state index contributed by atoms with van der Waals surface area (Å²) in [5.41, 5.74) is -2.37. The maximum Gasteiger partial charge on any atom is 0.417 e. The number of rotatable bonds is 3. The number of para-hydroxylation sites is 1. The highest BCUT2D eigenvalue weighted by Gasteiger charge is 2.38. The minimum Gasteiger partial charge on any atom is -0.493 e. The van der Waals surface area contributed by atoms with Gasteiger partial charge in [0.05, 0.1) is 24.3 Å². The molecule has 1 atom stereocenters. The number of fused-ring (bicyclic) bond motifs is 1. The van der Waals surface area contributed by atoms with E-state index in [4.69, 9.17) is 4.74 Å². The van der Waals surface area contributed by atoms with Crippen LogP contribution in [0.3, 0.4) is 0 Å². The van der Waals surface area contributed by atoms with Crippen LogP contribution in [0.15, 0.2) is 48.5 Å². The second-order valence-corrected chi connectivity index (χ2v) is 5.85. The maximum atomic E-state index is 13.0. The lowest BCUT2D eigenvalue weighted by molar-refractivity contribution is -0.137. The van der Waals surface area contributed by atoms with Crippen molar-refractivity contribution >= 4 is 5.91 Å². The molecule has 0 fully saturated rings. The quantitative estimate of drug-likeness (QED) is 0.893. The van der Waals surface area contributed by atoms with Crippen molar-refractivity contribution in [3.63, 3.8) is 0 Å². The van der Waals surface area contributed by atoms with Crippen LogP contribution >= 0.6 is 0 Å². The van der Waals surface area contributed by atoms with E-state index in [1.165, 1.54) is 12.1 Å². The summed E-state index contributed by atoms with van der Waals surface area (Å²) < 4.78 is 44.5. The maximum absolute atomic E-state index is 13.0. The molecule has 0 saturated heterocycles. The van der Waals surface area contributed by atoms with Gasteiger partial charge in [0.2, 0.25) is 0 Å². The summed E-state index contributed by atoms with van der Waals surface area (Å²) in [7, 11) is 0. The van der Waals surface area contributed by atoms with Gasteiger partial charge in [-0.1, -0.05) is 30.3 Å². The summed E-state index contributed by atoms with van der Waals surface area (Å²) in [4.78, 5) is 12.3. The Morgan fingerprint density at radius 3 is 2.60 bits per heavy atom. The zero-order valence-electron chi connectivity index (χ0n) is 13.1. The van der Waals surface area contributed by atoms with E-state index in [0.717, 1.165) is 12.1 Å². The van der Waals surface area contributed by atoms with Gasteiger partial charge in [0.25, 0.3) is 5.91 Å². The number of carbonyl (C=O) groups excluding carboxylic acids is 1. The molecule has 2 aromatic carbocycles. The van der Waals surface area contributed by atoms with Crippen LogP contribution in [0.2, 0.25) is 0 Å². The van der Waals surface area contributed by atoms with Crippen LogP contribution < -0.4 is 10.1 Å². The third-order valence-electron chi connectivity index (χ3n) is 4.18. The molecule has 25 heavy (non-hydrogen) atoms. The highest BCUT2D eigenvalue weighted by atomic mass is 19.4. The van der Waals surface area contributed by atoms with Crippen LogP contribution in [-0.4, -0.2) is 24.2 Å². The van der Waals surface area contributed by atoms with E-state index in [0.29, 0.717) is 11.3 Å². The topological polar surface area (TPSA) is 58.6 Å². The smallest absolute Gasteiger partial charge is 0.417 e. The van der Waals surface area contributed by atoms with Crippen LogP contribution in [0.5, 0.6) is 5.75 Å². The fourth-order valence-electron chi connectivity index (χ4n) is 2.88. The molecule has 4 nitrogen and oxygen atoms in total. The molecule has 0 unspecified atom stereocenters. The average molecular weight is 351 g/mol. The molecule has 1 aliphatic rings. The van der Waals surface area contributed by atoms with Gasteiger partial charge in [-0.2, -0.15) is 13.2 Å². The Morgan fingerprint density at radius 2 is 1.84 bits per heavy atom. The molecule has 3 rings (SSSR count). The molecule has 0 aromatic heterocycles. The third kappa shape index (κ3) is 3.46. The summed E-state index contributed by atoms with van der Waals surface area (Å²) in [5, 5.41) is 13.2. The zero-order chi connectivity index (χ0) is 18.1. The Kier molecular flexibility index (Phi) is 4.43. The number of ether oxygens (including phenoxy) is 1. The molecule has 1 amide bonds. The van der Waals surface area contributed by atoms with Crippen molar-refractivity contribution < 1.29 is 27.8 Å². The first kappa shape index (κ1) is 17.3. The fourth-order valence-corrected chi connectivity index (χ4v) is 2.88. The zero-order valence-corrected chi connectivity index (χ0v) is 13.1. The molecule has 1 aliphatic heterocycles. The summed E-state index contributed by atoms with van der Waals surface area (Å²) in [6.45, 7) is 0.0426. The normalized spacial score (nSPS) is 19.7. The number of hydrogen-bond donors (Lipinski definition) is 2. The predicted octanol–water partition coefficient (Wildman–Crippen LogP) is 3.11. The molecule has 1 heterocycles. The molecular formula is C18H16F3NO3. The number of hydrogen-bond acceptors (Lipinski definition) is 3. The van der Waals surface area contributed by atoms with Gasteiger partial charge in [0, 0.05) is 12.0 Å². The largest absolute Gasteiger partial charge is 0.493 e. The van der Waals surface area contributed by atoms with Gasteiger partial charge < -0.3 is 15.2 Å². The van der Waals surface area contributed by atoms with Crippen LogP contribution in [-0.2, 0) is 11.8 Å². The lowest BCUT2D eigenvalue weighted by atomic mass is 9.88. The van der Waals surface area contributed by atoms with Gasteiger partial charge in [-0.15, -0.1) is 0 Å². The first-order valence-electron chi connectivity index (χ1n) is 7.70. The van der Waals surface area contributed by atoms with Crippen molar-refractivity contribution in [2.24, 2.45) is 0 Å². The molecular weight excluding hydrogens is 335 g/mol. The Hall–Kier alpha value is -2.54. The van der Waals surface area contributed by atoms with Crippen LogP contribution in [0.25, 0.3) is 0 Å². The van der Waals surface area contributed by atoms with Crippen LogP contribution in [0.1, 0.15) is 27.9 Å². The van der Waals surface area contributed by atoms with Gasteiger partial charge in [-0.05, 0) is 18.2 Å². The molecule has 0 radical (unpaired) electrons. The van der Waals surface area contributed by atoms with E-state index in [2.05, 4.69) is 5.32 Å². The van der Waals surface area contributed by atoms with Crippen molar-refractivity contribution in [2.75, 3.05) is 13.2 Å². The number of benzene rings is 2. The molecule has 132 valence electrons. The number of nitrogens with one attached hydrogen (secondary N) is 1. The van der Waals surface area contributed by atoms with E-state index in [9.17, 15) is 23.1 Å². The molecule has 0 bridgehead atoms. The Balaban J connectivity index is 1.80. The minimum atomic E-state index is -4.63. The number of alkyl halides is 3. The summed E-state index contributed by atoms with van der Waals surface area (Å²) in [6, 6.07) is 11.4. The predicted molar refractivity (Wildman–Crippen MR) is 84.2 cm³/mol. The standard InChI is InChI=1S/C18H16F3NO3/c19-18(20,21)13-6-2-1-5-12(13)16(23)22-11-17(24)9-10-25-15-8-4-3-7-14(15)17/h1-8,24H,9-11H2,(H,22,23)/t17-/m1/s1. The van der Waals surface area contributed by atoms with Gasteiger partial charge in [-0.3, -0.25) is 4.79 Å². The first-order valence-corrected chi connectivity index (χ1v) is 7.70. The summed E-state index contributed by atoms with van der Waals surface area (Å²) in [5.74, 6) is -0.383. The molecule has 2 N–H and O–H groups in total. The molecule has 2 aromatic rings. The Bertz CT molecular complexity index is 791. The van der Waals surface area contributed by atoms with E-state index < -0.39 is 28.8 Å². The van der Waals surface area contributed by atoms with Crippen molar-refractivity contribution in [3.05, 3.63) is 65.2 Å². The number of aliphatic hydroxyl groups is 1. The molecule has 0 spiro atoms. The van der Waals surface area contributed by atoms with Crippen molar-refractivity contribution in [1.29, 1.82) is 0 Å². The van der Waals surface area contributed by atoms with Gasteiger partial charge in [-0.25, -0.2) is 0 Å². The number of halogens is 3. The first-order chi connectivity index (χ1) is 11.8. The fraction of sp³-hybridized carbons (Fsp3) is 0.278. The monoisotopic (exact) mass is 351 g/mol. The lowest BCUT2D eigenvalue weighted by Gasteiger charge is -2.34. The molecule has 0 aliphatic carbocycles. The van der Waals surface area contributed by atoms with E-state index in [-0.39, 0.29) is 19.6 Å². The SMILES string of the molecule is O=C(NC[C@]1(O)CCOc2ccccc21)c1ccccc1C(F)(F)F. The Morgan fingerprint density at radius 1 is 1.16 bits per heavy atom.